The molecule has 0 aliphatic heterocycles. The van der Waals surface area contributed by atoms with E-state index in [-0.39, 0.29) is 10.8 Å². The Kier molecular flexibility index (Phi) is 4.28. The van der Waals surface area contributed by atoms with Crippen molar-refractivity contribution in [3.63, 3.8) is 0 Å². The molecule has 26 heavy (non-hydrogen) atoms. The van der Waals surface area contributed by atoms with Gasteiger partial charge < -0.3 is 10.4 Å². The van der Waals surface area contributed by atoms with Crippen molar-refractivity contribution in [2.45, 2.75) is 0 Å². The minimum absolute atomic E-state index is 0.156. The molecule has 5 nitrogen and oxygen atoms in total. The van der Waals surface area contributed by atoms with E-state index in [4.69, 9.17) is 16.7 Å². The van der Waals surface area contributed by atoms with Gasteiger partial charge in [0.05, 0.1) is 10.9 Å². The number of aromatic nitrogens is 2. The zero-order chi connectivity index (χ0) is 18.1. The van der Waals surface area contributed by atoms with Crippen molar-refractivity contribution in [1.29, 1.82) is 0 Å². The number of hydrogen-bond donors (Lipinski definition) is 2. The maximum atomic E-state index is 11.0. The van der Waals surface area contributed by atoms with E-state index in [1.165, 1.54) is 23.5 Å². The van der Waals surface area contributed by atoms with Crippen molar-refractivity contribution >= 4 is 50.6 Å². The number of aromatic carboxylic acids is 1. The van der Waals surface area contributed by atoms with Crippen LogP contribution in [0.2, 0.25) is 5.28 Å². The Labute approximate surface area is 157 Å². The van der Waals surface area contributed by atoms with Gasteiger partial charge in [-0.1, -0.05) is 30.3 Å². The number of carboxylic acids is 1. The molecule has 0 fully saturated rings. The maximum absolute atomic E-state index is 11.0. The third-order valence-electron chi connectivity index (χ3n) is 3.89. The number of thiophene rings is 1. The summed E-state index contributed by atoms with van der Waals surface area (Å²) in [7, 11) is 0. The molecule has 128 valence electrons. The van der Waals surface area contributed by atoms with Crippen LogP contribution in [-0.4, -0.2) is 21.0 Å². The van der Waals surface area contributed by atoms with E-state index in [0.29, 0.717) is 5.82 Å². The first-order valence-electron chi connectivity index (χ1n) is 7.72. The standard InChI is InChI=1S/C19H12ClN3O2S/c20-19-22-16(21-13-8-6-12(7-9-13)18(24)25)15-14(10-26-17(15)23-19)11-4-2-1-3-5-11/h1-10H,(H,24,25)(H,21,22,23). The van der Waals surface area contributed by atoms with Crippen LogP contribution in [0.15, 0.2) is 60.0 Å². The van der Waals surface area contributed by atoms with E-state index in [9.17, 15) is 4.79 Å². The van der Waals surface area contributed by atoms with Gasteiger partial charge in [0.2, 0.25) is 5.28 Å². The first-order chi connectivity index (χ1) is 12.6. The van der Waals surface area contributed by atoms with E-state index >= 15 is 0 Å². The van der Waals surface area contributed by atoms with E-state index in [0.717, 1.165) is 27.0 Å². The van der Waals surface area contributed by atoms with Gasteiger partial charge in [-0.25, -0.2) is 9.78 Å². The summed E-state index contributed by atoms with van der Waals surface area (Å²) in [6.07, 6.45) is 0. The van der Waals surface area contributed by atoms with Crippen LogP contribution < -0.4 is 5.32 Å². The monoisotopic (exact) mass is 381 g/mol. The molecule has 7 heteroatoms. The number of anilines is 2. The topological polar surface area (TPSA) is 75.1 Å². The van der Waals surface area contributed by atoms with Crippen molar-refractivity contribution in [2.24, 2.45) is 0 Å². The lowest BCUT2D eigenvalue weighted by Crippen LogP contribution is -1.99. The van der Waals surface area contributed by atoms with Crippen LogP contribution in [0, 0.1) is 0 Å². The zero-order valence-corrected chi connectivity index (χ0v) is 14.9. The molecule has 0 aliphatic carbocycles. The van der Waals surface area contributed by atoms with E-state index < -0.39 is 5.97 Å². The van der Waals surface area contributed by atoms with Gasteiger partial charge in [0.15, 0.2) is 0 Å². The van der Waals surface area contributed by atoms with Crippen LogP contribution in [0.3, 0.4) is 0 Å². The predicted molar refractivity (Wildman–Crippen MR) is 105 cm³/mol. The fraction of sp³-hybridized carbons (Fsp3) is 0. The van der Waals surface area contributed by atoms with Gasteiger partial charge in [0.25, 0.3) is 0 Å². The highest BCUT2D eigenvalue weighted by atomic mass is 35.5. The molecule has 2 aromatic heterocycles. The minimum atomic E-state index is -0.965. The summed E-state index contributed by atoms with van der Waals surface area (Å²) in [6, 6.07) is 16.4. The van der Waals surface area contributed by atoms with E-state index in [1.807, 2.05) is 35.7 Å². The molecule has 4 rings (SSSR count). The van der Waals surface area contributed by atoms with Crippen LogP contribution in [0.4, 0.5) is 11.5 Å². The second kappa shape index (κ2) is 6.74. The van der Waals surface area contributed by atoms with Crippen LogP contribution in [0.25, 0.3) is 21.3 Å². The van der Waals surface area contributed by atoms with E-state index in [2.05, 4.69) is 15.3 Å². The second-order valence-corrected chi connectivity index (χ2v) is 6.74. The molecule has 0 aliphatic rings. The van der Waals surface area contributed by atoms with E-state index in [1.54, 1.807) is 12.1 Å². The average molecular weight is 382 g/mol. The number of hydrogen-bond acceptors (Lipinski definition) is 5. The molecule has 0 unspecified atom stereocenters. The fourth-order valence-corrected chi connectivity index (χ4v) is 3.84. The minimum Gasteiger partial charge on any atom is -0.478 e. The predicted octanol–water partition coefficient (Wildman–Crippen LogP) is 5.45. The quantitative estimate of drug-likeness (QED) is 0.459. The Morgan fingerprint density at radius 1 is 1.04 bits per heavy atom. The molecule has 4 aromatic rings. The lowest BCUT2D eigenvalue weighted by Gasteiger charge is -2.09. The Morgan fingerprint density at radius 2 is 1.77 bits per heavy atom. The third-order valence-corrected chi connectivity index (χ3v) is 4.93. The summed E-state index contributed by atoms with van der Waals surface area (Å²) >= 11 is 7.58. The van der Waals surface area contributed by atoms with Gasteiger partial charge in [0, 0.05) is 16.6 Å². The van der Waals surface area contributed by atoms with Crippen molar-refractivity contribution in [3.05, 3.63) is 70.8 Å². The second-order valence-electron chi connectivity index (χ2n) is 5.54. The smallest absolute Gasteiger partial charge is 0.335 e. The summed E-state index contributed by atoms with van der Waals surface area (Å²) in [5, 5.41) is 15.3. The number of benzene rings is 2. The summed E-state index contributed by atoms with van der Waals surface area (Å²) in [6.45, 7) is 0. The highest BCUT2D eigenvalue weighted by molar-refractivity contribution is 7.17. The maximum Gasteiger partial charge on any atom is 0.335 e. The molecule has 2 heterocycles. The van der Waals surface area contributed by atoms with Crippen molar-refractivity contribution in [1.82, 2.24) is 9.97 Å². The van der Waals surface area contributed by atoms with Crippen LogP contribution in [0.1, 0.15) is 10.4 Å². The van der Waals surface area contributed by atoms with Crippen molar-refractivity contribution < 1.29 is 9.90 Å². The summed E-state index contributed by atoms with van der Waals surface area (Å²) in [5.74, 6) is -0.378. The van der Waals surface area contributed by atoms with Gasteiger partial charge >= 0.3 is 5.97 Å². The highest BCUT2D eigenvalue weighted by Crippen LogP contribution is 2.38. The molecule has 0 amide bonds. The van der Waals surface area contributed by atoms with Crippen molar-refractivity contribution in [2.75, 3.05) is 5.32 Å². The SMILES string of the molecule is O=C(O)c1ccc(Nc2nc(Cl)nc3scc(-c4ccccc4)c23)cc1. The Morgan fingerprint density at radius 3 is 2.46 bits per heavy atom. The van der Waals surface area contributed by atoms with Crippen LogP contribution >= 0.6 is 22.9 Å². The molecule has 0 radical (unpaired) electrons. The Bertz CT molecular complexity index is 1100. The number of rotatable bonds is 4. The Balaban J connectivity index is 1.81. The van der Waals surface area contributed by atoms with Gasteiger partial charge in [-0.2, -0.15) is 4.98 Å². The molecule has 0 saturated carbocycles. The normalized spacial score (nSPS) is 10.8. The molecular weight excluding hydrogens is 370 g/mol. The molecular formula is C19H12ClN3O2S. The summed E-state index contributed by atoms with van der Waals surface area (Å²) < 4.78 is 0. The van der Waals surface area contributed by atoms with Crippen molar-refractivity contribution in [3.8, 4) is 11.1 Å². The number of halogens is 1. The number of carboxylic acid groups (broad SMARTS) is 1. The zero-order valence-electron chi connectivity index (χ0n) is 13.3. The molecule has 0 spiro atoms. The first-order valence-corrected chi connectivity index (χ1v) is 8.98. The van der Waals surface area contributed by atoms with Gasteiger partial charge in [-0.05, 0) is 41.4 Å². The first kappa shape index (κ1) is 16.5. The highest BCUT2D eigenvalue weighted by Gasteiger charge is 2.15. The lowest BCUT2D eigenvalue weighted by atomic mass is 10.1. The molecule has 0 atom stereocenters. The number of nitrogens with zero attached hydrogens (tertiary/aromatic N) is 2. The number of nitrogens with one attached hydrogen (secondary N) is 1. The van der Waals surface area contributed by atoms with Gasteiger partial charge in [-0.3, -0.25) is 0 Å². The third kappa shape index (κ3) is 3.12. The van der Waals surface area contributed by atoms with Crippen LogP contribution in [0.5, 0.6) is 0 Å². The lowest BCUT2D eigenvalue weighted by molar-refractivity contribution is 0.0697. The Hall–Kier alpha value is -2.96. The molecule has 2 N–H and O–H groups in total. The largest absolute Gasteiger partial charge is 0.478 e. The fourth-order valence-electron chi connectivity index (χ4n) is 2.67. The van der Waals surface area contributed by atoms with Gasteiger partial charge in [-0.15, -0.1) is 11.3 Å². The average Bonchev–Trinajstić information content (AvgIpc) is 3.07. The molecule has 0 bridgehead atoms. The van der Waals surface area contributed by atoms with Gasteiger partial charge in [0.1, 0.15) is 10.6 Å². The summed E-state index contributed by atoms with van der Waals surface area (Å²) in [5.41, 5.74) is 3.03. The van der Waals surface area contributed by atoms with Crippen LogP contribution in [-0.2, 0) is 0 Å². The number of fused-ring (bicyclic) bond motifs is 1. The summed E-state index contributed by atoms with van der Waals surface area (Å²) in [4.78, 5) is 20.4. The number of carbonyl (C=O) groups is 1. The molecule has 2 aromatic carbocycles. The molecule has 0 saturated heterocycles.